The zero-order chi connectivity index (χ0) is 19.4. The number of carbonyl (C=O) groups excluding carboxylic acids is 2. The molecular weight excluding hydrogens is 348 g/mol. The monoisotopic (exact) mass is 368 g/mol. The van der Waals surface area contributed by atoms with E-state index in [-0.39, 0.29) is 35.5 Å². The van der Waals surface area contributed by atoms with Crippen LogP contribution in [0, 0.1) is 5.92 Å². The lowest BCUT2D eigenvalue weighted by Gasteiger charge is -2.24. The van der Waals surface area contributed by atoms with E-state index in [0.717, 1.165) is 11.3 Å². The standard InChI is InChI=1S/C20H20N2O5/c1-27-17-11-14(20(25)26)6-8-16(17)21-18(23)9-7-13-10-12-4-2-3-5-15(12)22-19(13)24/h2-6,8,11,13H,7,9-10H2,1H3,(H,21,23)(H,22,24)(H,25,26). The third-order valence-corrected chi connectivity index (χ3v) is 4.55. The number of carboxylic acids is 1. The summed E-state index contributed by atoms with van der Waals surface area (Å²) >= 11 is 0. The number of aromatic carboxylic acids is 1. The van der Waals surface area contributed by atoms with Crippen molar-refractivity contribution in [2.75, 3.05) is 17.7 Å². The molecule has 0 bridgehead atoms. The van der Waals surface area contributed by atoms with Crippen molar-refractivity contribution < 1.29 is 24.2 Å². The van der Waals surface area contributed by atoms with E-state index in [1.54, 1.807) is 0 Å². The Morgan fingerprint density at radius 2 is 2.04 bits per heavy atom. The molecule has 1 aliphatic heterocycles. The van der Waals surface area contributed by atoms with Gasteiger partial charge in [-0.25, -0.2) is 4.79 Å². The number of nitrogens with one attached hydrogen (secondary N) is 2. The molecular formula is C20H20N2O5. The van der Waals surface area contributed by atoms with Crippen molar-refractivity contribution in [2.45, 2.75) is 19.3 Å². The van der Waals surface area contributed by atoms with Crippen molar-refractivity contribution in [2.24, 2.45) is 5.92 Å². The largest absolute Gasteiger partial charge is 0.495 e. The van der Waals surface area contributed by atoms with Crippen LogP contribution < -0.4 is 15.4 Å². The van der Waals surface area contributed by atoms with E-state index in [0.29, 0.717) is 18.5 Å². The van der Waals surface area contributed by atoms with E-state index < -0.39 is 5.97 Å². The van der Waals surface area contributed by atoms with Crippen molar-refractivity contribution in [3.8, 4) is 5.75 Å². The number of methoxy groups -OCH3 is 1. The van der Waals surface area contributed by atoms with Gasteiger partial charge in [-0.05, 0) is 42.7 Å². The van der Waals surface area contributed by atoms with Gasteiger partial charge in [0.1, 0.15) is 5.75 Å². The molecule has 27 heavy (non-hydrogen) atoms. The number of carboxylic acid groups (broad SMARTS) is 1. The maximum atomic E-state index is 12.3. The molecule has 0 saturated heterocycles. The van der Waals surface area contributed by atoms with Crippen LogP contribution in [-0.2, 0) is 16.0 Å². The van der Waals surface area contributed by atoms with Gasteiger partial charge in [-0.2, -0.15) is 0 Å². The maximum Gasteiger partial charge on any atom is 0.335 e. The van der Waals surface area contributed by atoms with Crippen molar-refractivity contribution in [3.63, 3.8) is 0 Å². The molecule has 7 nitrogen and oxygen atoms in total. The molecule has 0 radical (unpaired) electrons. The Morgan fingerprint density at radius 1 is 1.26 bits per heavy atom. The minimum absolute atomic E-state index is 0.0717. The number of amides is 2. The molecule has 1 unspecified atom stereocenters. The van der Waals surface area contributed by atoms with E-state index in [9.17, 15) is 14.4 Å². The van der Waals surface area contributed by atoms with Crippen LogP contribution in [0.4, 0.5) is 11.4 Å². The van der Waals surface area contributed by atoms with Gasteiger partial charge < -0.3 is 20.5 Å². The summed E-state index contributed by atoms with van der Waals surface area (Å²) in [7, 11) is 1.40. The van der Waals surface area contributed by atoms with Gasteiger partial charge in [0.05, 0.1) is 18.4 Å². The Hall–Kier alpha value is -3.35. The van der Waals surface area contributed by atoms with Crippen molar-refractivity contribution >= 4 is 29.2 Å². The average molecular weight is 368 g/mol. The summed E-state index contributed by atoms with van der Waals surface area (Å²) in [4.78, 5) is 35.5. The van der Waals surface area contributed by atoms with E-state index in [1.165, 1.54) is 25.3 Å². The fourth-order valence-corrected chi connectivity index (χ4v) is 3.09. The molecule has 2 aromatic carbocycles. The predicted molar refractivity (Wildman–Crippen MR) is 100 cm³/mol. The number of ether oxygens (including phenoxy) is 1. The number of anilines is 2. The first kappa shape index (κ1) is 18.4. The predicted octanol–water partition coefficient (Wildman–Crippen LogP) is 2.92. The highest BCUT2D eigenvalue weighted by molar-refractivity contribution is 5.97. The molecule has 3 rings (SSSR count). The number of para-hydroxylation sites is 1. The first-order valence-electron chi connectivity index (χ1n) is 8.58. The summed E-state index contributed by atoms with van der Waals surface area (Å²) < 4.78 is 5.15. The summed E-state index contributed by atoms with van der Waals surface area (Å²) in [6.07, 6.45) is 1.19. The fraction of sp³-hybridized carbons (Fsp3) is 0.250. The normalized spacial score (nSPS) is 15.4. The SMILES string of the molecule is COc1cc(C(=O)O)ccc1NC(=O)CCC1Cc2ccccc2NC1=O. The molecule has 140 valence electrons. The zero-order valence-corrected chi connectivity index (χ0v) is 14.8. The lowest BCUT2D eigenvalue weighted by Crippen LogP contribution is -2.30. The van der Waals surface area contributed by atoms with Crippen molar-refractivity contribution in [3.05, 3.63) is 53.6 Å². The quantitative estimate of drug-likeness (QED) is 0.727. The van der Waals surface area contributed by atoms with Crippen LogP contribution in [0.2, 0.25) is 0 Å². The average Bonchev–Trinajstić information content (AvgIpc) is 2.66. The Morgan fingerprint density at radius 3 is 2.78 bits per heavy atom. The Balaban J connectivity index is 1.60. The van der Waals surface area contributed by atoms with E-state index >= 15 is 0 Å². The molecule has 1 aliphatic rings. The van der Waals surface area contributed by atoms with Gasteiger partial charge in [0, 0.05) is 18.0 Å². The Labute approximate surface area is 156 Å². The second-order valence-corrected chi connectivity index (χ2v) is 6.35. The number of hydrogen-bond donors (Lipinski definition) is 3. The first-order valence-corrected chi connectivity index (χ1v) is 8.58. The van der Waals surface area contributed by atoms with Crippen LogP contribution in [0.3, 0.4) is 0 Å². The van der Waals surface area contributed by atoms with Crippen LogP contribution in [-0.4, -0.2) is 30.0 Å². The molecule has 7 heteroatoms. The number of fused-ring (bicyclic) bond motifs is 1. The first-order chi connectivity index (χ1) is 13.0. The summed E-state index contributed by atoms with van der Waals surface area (Å²) in [5, 5.41) is 14.6. The summed E-state index contributed by atoms with van der Waals surface area (Å²) in [5.41, 5.74) is 2.35. The lowest BCUT2D eigenvalue weighted by atomic mass is 9.89. The smallest absolute Gasteiger partial charge is 0.335 e. The highest BCUT2D eigenvalue weighted by Gasteiger charge is 2.26. The third kappa shape index (κ3) is 4.25. The molecule has 2 amide bonds. The number of benzene rings is 2. The molecule has 3 N–H and O–H groups in total. The van der Waals surface area contributed by atoms with Crippen LogP contribution in [0.25, 0.3) is 0 Å². The van der Waals surface area contributed by atoms with Crippen LogP contribution in [0.1, 0.15) is 28.8 Å². The summed E-state index contributed by atoms with van der Waals surface area (Å²) in [5.74, 6) is -1.41. The van der Waals surface area contributed by atoms with Gasteiger partial charge in [-0.3, -0.25) is 9.59 Å². The molecule has 2 aromatic rings. The Bertz CT molecular complexity index is 894. The highest BCUT2D eigenvalue weighted by atomic mass is 16.5. The third-order valence-electron chi connectivity index (χ3n) is 4.55. The van der Waals surface area contributed by atoms with E-state index in [1.807, 2.05) is 24.3 Å². The molecule has 1 atom stereocenters. The molecule has 0 aliphatic carbocycles. The van der Waals surface area contributed by atoms with Gasteiger partial charge in [0.25, 0.3) is 0 Å². The minimum atomic E-state index is -1.07. The molecule has 0 aromatic heterocycles. The van der Waals surface area contributed by atoms with Gasteiger partial charge in [0.15, 0.2) is 0 Å². The summed E-state index contributed by atoms with van der Waals surface area (Å²) in [6.45, 7) is 0. The van der Waals surface area contributed by atoms with Gasteiger partial charge in [-0.1, -0.05) is 18.2 Å². The molecule has 1 heterocycles. The molecule has 0 saturated carbocycles. The lowest BCUT2D eigenvalue weighted by molar-refractivity contribution is -0.121. The van der Waals surface area contributed by atoms with Crippen molar-refractivity contribution in [1.82, 2.24) is 0 Å². The van der Waals surface area contributed by atoms with E-state index in [2.05, 4.69) is 10.6 Å². The zero-order valence-electron chi connectivity index (χ0n) is 14.8. The van der Waals surface area contributed by atoms with Crippen LogP contribution >= 0.6 is 0 Å². The van der Waals surface area contributed by atoms with Gasteiger partial charge in [-0.15, -0.1) is 0 Å². The second kappa shape index (κ2) is 7.90. The van der Waals surface area contributed by atoms with Crippen molar-refractivity contribution in [1.29, 1.82) is 0 Å². The van der Waals surface area contributed by atoms with Gasteiger partial charge in [0.2, 0.25) is 11.8 Å². The minimum Gasteiger partial charge on any atom is -0.495 e. The van der Waals surface area contributed by atoms with Gasteiger partial charge >= 0.3 is 5.97 Å². The number of hydrogen-bond acceptors (Lipinski definition) is 4. The Kier molecular flexibility index (Phi) is 5.40. The maximum absolute atomic E-state index is 12.3. The van der Waals surface area contributed by atoms with Crippen LogP contribution in [0.5, 0.6) is 5.75 Å². The molecule has 0 spiro atoms. The fourth-order valence-electron chi connectivity index (χ4n) is 3.09. The summed E-state index contributed by atoms with van der Waals surface area (Å²) in [6, 6.07) is 11.9. The highest BCUT2D eigenvalue weighted by Crippen LogP contribution is 2.29. The van der Waals surface area contributed by atoms with Crippen LogP contribution in [0.15, 0.2) is 42.5 Å². The number of carbonyl (C=O) groups is 3. The number of rotatable bonds is 6. The molecule has 0 fully saturated rings. The topological polar surface area (TPSA) is 105 Å². The second-order valence-electron chi connectivity index (χ2n) is 6.35. The van der Waals surface area contributed by atoms with E-state index in [4.69, 9.17) is 9.84 Å².